The summed E-state index contributed by atoms with van der Waals surface area (Å²) in [6.45, 7) is 2.64. The van der Waals surface area contributed by atoms with Gasteiger partial charge in [-0.2, -0.15) is 9.61 Å². The molecule has 23 heavy (non-hydrogen) atoms. The lowest BCUT2D eigenvalue weighted by atomic mass is 10.1. The van der Waals surface area contributed by atoms with E-state index in [9.17, 15) is 9.59 Å². The minimum atomic E-state index is -0.296. The van der Waals surface area contributed by atoms with Crippen molar-refractivity contribution in [3.63, 3.8) is 0 Å². The van der Waals surface area contributed by atoms with E-state index in [-0.39, 0.29) is 11.5 Å². The van der Waals surface area contributed by atoms with Crippen LogP contribution in [0.5, 0.6) is 0 Å². The number of amides is 1. The average Bonchev–Trinajstić information content (AvgIpc) is 3.16. The Morgan fingerprint density at radius 1 is 1.30 bits per heavy atom. The number of halogens is 1. The summed E-state index contributed by atoms with van der Waals surface area (Å²) in [6.07, 6.45) is 2.18. The van der Waals surface area contributed by atoms with Crippen molar-refractivity contribution >= 4 is 49.4 Å². The van der Waals surface area contributed by atoms with E-state index in [1.54, 1.807) is 4.90 Å². The monoisotopic (exact) mass is 390 g/mol. The molecule has 0 fully saturated rings. The number of carbonyl (C=O) groups is 1. The second-order valence-electron chi connectivity index (χ2n) is 5.18. The fraction of sp³-hybridized carbons (Fsp3) is 0.200. The molecule has 0 bridgehead atoms. The van der Waals surface area contributed by atoms with E-state index >= 15 is 0 Å². The molecule has 1 aliphatic rings. The van der Waals surface area contributed by atoms with Crippen molar-refractivity contribution < 1.29 is 4.79 Å². The van der Waals surface area contributed by atoms with Crippen LogP contribution < -0.4 is 15.0 Å². The van der Waals surface area contributed by atoms with Crippen molar-refractivity contribution in [2.45, 2.75) is 13.3 Å². The predicted molar refractivity (Wildman–Crippen MR) is 91.6 cm³/mol. The van der Waals surface area contributed by atoms with Gasteiger partial charge in [0.05, 0.1) is 11.3 Å². The van der Waals surface area contributed by atoms with E-state index < -0.39 is 0 Å². The van der Waals surface area contributed by atoms with Crippen LogP contribution in [-0.4, -0.2) is 27.0 Å². The Morgan fingerprint density at radius 2 is 2.13 bits per heavy atom. The minimum Gasteiger partial charge on any atom is -0.308 e. The van der Waals surface area contributed by atoms with E-state index in [0.29, 0.717) is 21.6 Å². The van der Waals surface area contributed by atoms with Crippen molar-refractivity contribution in [1.29, 1.82) is 0 Å². The number of anilines is 1. The molecule has 0 saturated heterocycles. The van der Waals surface area contributed by atoms with Gasteiger partial charge in [-0.05, 0) is 24.6 Å². The van der Waals surface area contributed by atoms with Gasteiger partial charge in [0.1, 0.15) is 10.9 Å². The number of aromatic nitrogens is 3. The van der Waals surface area contributed by atoms with Crippen molar-refractivity contribution in [2.24, 2.45) is 0 Å². The maximum atomic E-state index is 12.9. The van der Waals surface area contributed by atoms with Crippen LogP contribution in [0.2, 0.25) is 0 Å². The summed E-state index contributed by atoms with van der Waals surface area (Å²) in [4.78, 5) is 31.7. The number of thiazole rings is 1. The van der Waals surface area contributed by atoms with Crippen LogP contribution in [0.4, 0.5) is 5.69 Å². The van der Waals surface area contributed by atoms with Crippen molar-refractivity contribution in [3.05, 3.63) is 49.4 Å². The Balaban J connectivity index is 2.10. The molecule has 1 aromatic carbocycles. The molecule has 116 valence electrons. The Hall–Kier alpha value is -2.06. The quantitative estimate of drug-likeness (QED) is 0.666. The van der Waals surface area contributed by atoms with E-state index in [2.05, 4.69) is 26.0 Å². The van der Waals surface area contributed by atoms with Gasteiger partial charge in [-0.3, -0.25) is 9.59 Å². The maximum Gasteiger partial charge on any atom is 0.291 e. The lowest BCUT2D eigenvalue weighted by molar-refractivity contribution is -0.113. The minimum absolute atomic E-state index is 0.137. The highest BCUT2D eigenvalue weighted by molar-refractivity contribution is 9.10. The van der Waals surface area contributed by atoms with Gasteiger partial charge in [0.2, 0.25) is 4.96 Å². The first-order chi connectivity index (χ1) is 11.1. The third-order valence-corrected chi connectivity index (χ3v) is 5.29. The summed E-state index contributed by atoms with van der Waals surface area (Å²) in [5.41, 5.74) is 1.76. The first kappa shape index (κ1) is 14.5. The van der Waals surface area contributed by atoms with Crippen molar-refractivity contribution in [3.8, 4) is 0 Å². The number of carbonyl (C=O) groups excluding carboxylic acids is 1. The lowest BCUT2D eigenvalue weighted by Crippen LogP contribution is -2.32. The van der Waals surface area contributed by atoms with Crippen LogP contribution in [-0.2, 0) is 4.79 Å². The second-order valence-corrected chi connectivity index (χ2v) is 7.08. The summed E-state index contributed by atoms with van der Waals surface area (Å²) in [5, 5.41) is 3.92. The number of benzene rings is 1. The Kier molecular flexibility index (Phi) is 3.31. The van der Waals surface area contributed by atoms with Crippen LogP contribution in [0, 0.1) is 0 Å². The zero-order valence-corrected chi connectivity index (χ0v) is 14.5. The van der Waals surface area contributed by atoms with Crippen molar-refractivity contribution in [1.82, 2.24) is 14.6 Å². The Bertz CT molecular complexity index is 1060. The molecular weight excluding hydrogens is 380 g/mol. The molecule has 0 unspecified atom stereocenters. The number of fused-ring (bicyclic) bond motifs is 2. The Morgan fingerprint density at radius 3 is 2.87 bits per heavy atom. The van der Waals surface area contributed by atoms with Gasteiger partial charge >= 0.3 is 0 Å². The highest BCUT2D eigenvalue weighted by Crippen LogP contribution is 2.37. The van der Waals surface area contributed by atoms with E-state index in [0.717, 1.165) is 22.1 Å². The molecule has 3 aromatic rings. The van der Waals surface area contributed by atoms with Gasteiger partial charge in [-0.25, -0.2) is 4.98 Å². The fourth-order valence-corrected chi connectivity index (χ4v) is 4.13. The number of hydrogen-bond acceptors (Lipinski definition) is 5. The third kappa shape index (κ3) is 2.05. The molecule has 0 saturated carbocycles. The molecule has 4 rings (SSSR count). The zero-order chi connectivity index (χ0) is 16.1. The number of rotatable bonds is 2. The van der Waals surface area contributed by atoms with Gasteiger partial charge in [0.25, 0.3) is 11.5 Å². The molecule has 0 aliphatic carbocycles. The molecule has 0 N–H and O–H groups in total. The van der Waals surface area contributed by atoms with Crippen molar-refractivity contribution in [2.75, 3.05) is 11.4 Å². The van der Waals surface area contributed by atoms with Crippen LogP contribution in [0.15, 0.2) is 33.8 Å². The van der Waals surface area contributed by atoms with Crippen LogP contribution in [0.1, 0.15) is 18.9 Å². The van der Waals surface area contributed by atoms with Crippen LogP contribution >= 0.6 is 27.3 Å². The lowest BCUT2D eigenvalue weighted by Gasteiger charge is -2.15. The first-order valence-electron chi connectivity index (χ1n) is 7.10. The highest BCUT2D eigenvalue weighted by atomic mass is 79.9. The summed E-state index contributed by atoms with van der Waals surface area (Å²) >= 11 is 4.64. The predicted octanol–water partition coefficient (Wildman–Crippen LogP) is 1.59. The smallest absolute Gasteiger partial charge is 0.291 e. The van der Waals surface area contributed by atoms with Crippen LogP contribution in [0.3, 0.4) is 0 Å². The molecule has 1 aliphatic heterocycles. The van der Waals surface area contributed by atoms with E-state index in [4.69, 9.17) is 0 Å². The summed E-state index contributed by atoms with van der Waals surface area (Å²) in [5.74, 6) is -0.137. The van der Waals surface area contributed by atoms with Crippen LogP contribution in [0.25, 0.3) is 10.5 Å². The molecule has 0 atom stereocenters. The SMILES string of the molecule is CCCN1C(=O)/C(=c2\sc3ncnn3c2=O)c2cc(Br)ccc21. The van der Waals surface area contributed by atoms with Gasteiger partial charge in [0, 0.05) is 16.6 Å². The summed E-state index contributed by atoms with van der Waals surface area (Å²) in [7, 11) is 0. The fourth-order valence-electron chi connectivity index (χ4n) is 2.80. The van der Waals surface area contributed by atoms with Gasteiger partial charge in [-0.1, -0.05) is 34.2 Å². The highest BCUT2D eigenvalue weighted by Gasteiger charge is 2.34. The van der Waals surface area contributed by atoms with Gasteiger partial charge in [0.15, 0.2) is 0 Å². The molecule has 6 nitrogen and oxygen atoms in total. The number of hydrogen-bond donors (Lipinski definition) is 0. The van der Waals surface area contributed by atoms with Gasteiger partial charge < -0.3 is 4.90 Å². The Labute approximate surface area is 143 Å². The van der Waals surface area contributed by atoms with Gasteiger partial charge in [-0.15, -0.1) is 0 Å². The molecule has 0 spiro atoms. The summed E-state index contributed by atoms with van der Waals surface area (Å²) < 4.78 is 2.50. The zero-order valence-electron chi connectivity index (χ0n) is 12.1. The summed E-state index contributed by atoms with van der Waals surface area (Å²) in [6, 6.07) is 5.69. The standard InChI is InChI=1S/C15H11BrN4O2S/c1-2-5-19-10-4-3-8(16)6-9(10)11(13(19)21)12-14(22)20-15(23-12)17-7-18-20/h3-4,6-7H,2,5H2,1H3/b12-11-. The molecule has 1 amide bonds. The molecule has 8 heteroatoms. The second kappa shape index (κ2) is 5.24. The molecular formula is C15H11BrN4O2S. The van der Waals surface area contributed by atoms with E-state index in [1.165, 1.54) is 22.2 Å². The largest absolute Gasteiger partial charge is 0.308 e. The normalized spacial score (nSPS) is 16.4. The molecule has 3 heterocycles. The maximum absolute atomic E-state index is 12.9. The third-order valence-electron chi connectivity index (χ3n) is 3.75. The molecule has 2 aromatic heterocycles. The molecule has 0 radical (unpaired) electrons. The average molecular weight is 391 g/mol. The van der Waals surface area contributed by atoms with E-state index in [1.807, 2.05) is 25.1 Å². The topological polar surface area (TPSA) is 67.6 Å². The number of nitrogens with zero attached hydrogens (tertiary/aromatic N) is 4. The first-order valence-corrected chi connectivity index (χ1v) is 8.71.